The molecule has 39 heavy (non-hydrogen) atoms. The minimum Gasteiger partial charge on any atom is -0.392 e. The molecule has 4 heterocycles. The van der Waals surface area contributed by atoms with Crippen molar-refractivity contribution in [1.82, 2.24) is 10.5 Å². The molecule has 200 valence electrons. The molecule has 4 aliphatic heterocycles. The highest BCUT2D eigenvalue weighted by atomic mass is 32.2. The maximum Gasteiger partial charge on any atom is 0.258 e. The lowest BCUT2D eigenvalue weighted by atomic mass is 9.74. The lowest BCUT2D eigenvalue weighted by Crippen LogP contribution is -2.41. The SMILES string of the molecule is CC1=CN(c2ccc(-c3ccc(C(=O)N4CCc5cc6c(cc54)C4(CCN(C)CC4)CS6)cc3)c(C)c2)NO1. The smallest absolute Gasteiger partial charge is 0.258 e. The Bertz CT molecular complexity index is 1490. The number of aryl methyl sites for hydroxylation is 1. The van der Waals surface area contributed by atoms with Crippen molar-refractivity contribution in [1.29, 1.82) is 0 Å². The molecule has 0 unspecified atom stereocenters. The van der Waals surface area contributed by atoms with Gasteiger partial charge in [0.15, 0.2) is 0 Å². The van der Waals surface area contributed by atoms with E-state index in [0.29, 0.717) is 0 Å². The number of piperidine rings is 1. The topological polar surface area (TPSA) is 48.1 Å². The zero-order chi connectivity index (χ0) is 26.7. The second-order valence-corrected chi connectivity index (χ2v) is 12.5. The molecule has 4 aliphatic rings. The summed E-state index contributed by atoms with van der Waals surface area (Å²) in [7, 11) is 2.22. The summed E-state index contributed by atoms with van der Waals surface area (Å²) in [6.07, 6.45) is 5.26. The van der Waals surface area contributed by atoms with Crippen LogP contribution < -0.4 is 15.5 Å². The van der Waals surface area contributed by atoms with Crippen molar-refractivity contribution in [3.8, 4) is 11.1 Å². The Hall–Kier alpha value is -3.26. The van der Waals surface area contributed by atoms with Crippen molar-refractivity contribution in [2.24, 2.45) is 0 Å². The van der Waals surface area contributed by atoms with E-state index < -0.39 is 0 Å². The van der Waals surface area contributed by atoms with Crippen LogP contribution in [0.15, 0.2) is 71.5 Å². The summed E-state index contributed by atoms with van der Waals surface area (Å²) in [5.41, 5.74) is 12.2. The van der Waals surface area contributed by atoms with Gasteiger partial charge in [-0.1, -0.05) is 23.8 Å². The Morgan fingerprint density at radius 3 is 2.51 bits per heavy atom. The Labute approximate surface area is 234 Å². The Kier molecular flexibility index (Phi) is 5.99. The molecule has 3 aromatic carbocycles. The summed E-state index contributed by atoms with van der Waals surface area (Å²) in [5, 5.41) is 1.87. The van der Waals surface area contributed by atoms with Gasteiger partial charge in [0.25, 0.3) is 5.91 Å². The summed E-state index contributed by atoms with van der Waals surface area (Å²) in [5.74, 6) is 2.09. The minimum atomic E-state index is 0.0951. The van der Waals surface area contributed by atoms with Crippen LogP contribution in [0.4, 0.5) is 11.4 Å². The second kappa shape index (κ2) is 9.44. The van der Waals surface area contributed by atoms with Gasteiger partial charge in [0, 0.05) is 33.9 Å². The van der Waals surface area contributed by atoms with Crippen molar-refractivity contribution in [3.63, 3.8) is 0 Å². The summed E-state index contributed by atoms with van der Waals surface area (Å²) in [4.78, 5) is 25.0. The summed E-state index contributed by atoms with van der Waals surface area (Å²) in [6.45, 7) is 7.07. The van der Waals surface area contributed by atoms with Crippen molar-refractivity contribution < 1.29 is 9.63 Å². The Morgan fingerprint density at radius 1 is 1.00 bits per heavy atom. The maximum atomic E-state index is 13.7. The molecule has 1 amide bonds. The molecule has 0 aromatic heterocycles. The number of nitrogens with zero attached hydrogens (tertiary/aromatic N) is 3. The van der Waals surface area contributed by atoms with Crippen molar-refractivity contribution in [2.45, 2.75) is 43.4 Å². The average Bonchev–Trinajstić information content (AvgIpc) is 3.66. The molecule has 1 N–H and O–H groups in total. The lowest BCUT2D eigenvalue weighted by molar-refractivity contribution is 0.0989. The van der Waals surface area contributed by atoms with Gasteiger partial charge in [-0.05, 0) is 117 Å². The number of fused-ring (bicyclic) bond motifs is 3. The van der Waals surface area contributed by atoms with Gasteiger partial charge in [-0.25, -0.2) is 5.01 Å². The molecule has 0 aliphatic carbocycles. The maximum absolute atomic E-state index is 13.7. The number of nitrogens with one attached hydrogen (secondary N) is 1. The third-order valence-corrected chi connectivity index (χ3v) is 10.2. The van der Waals surface area contributed by atoms with Crippen LogP contribution in [0, 0.1) is 6.92 Å². The Balaban J connectivity index is 1.12. The van der Waals surface area contributed by atoms with Crippen LogP contribution in [0.5, 0.6) is 0 Å². The van der Waals surface area contributed by atoms with E-state index in [9.17, 15) is 4.79 Å². The molecule has 0 atom stereocenters. The van der Waals surface area contributed by atoms with Gasteiger partial charge in [-0.15, -0.1) is 11.8 Å². The predicted octanol–water partition coefficient (Wildman–Crippen LogP) is 6.05. The fourth-order valence-corrected chi connectivity index (χ4v) is 8.00. The normalized spacial score (nSPS) is 19.7. The van der Waals surface area contributed by atoms with Gasteiger partial charge in [-0.2, -0.15) is 0 Å². The highest BCUT2D eigenvalue weighted by Crippen LogP contribution is 2.52. The number of likely N-dealkylation sites (tertiary alicyclic amines) is 1. The van der Waals surface area contributed by atoms with E-state index in [1.54, 1.807) is 0 Å². The van der Waals surface area contributed by atoms with Gasteiger partial charge < -0.3 is 14.6 Å². The average molecular weight is 539 g/mol. The van der Waals surface area contributed by atoms with Crippen LogP contribution in [-0.2, 0) is 16.7 Å². The number of anilines is 2. The van der Waals surface area contributed by atoms with E-state index in [1.165, 1.54) is 34.6 Å². The molecule has 7 rings (SSSR count). The molecule has 0 bridgehead atoms. The van der Waals surface area contributed by atoms with Gasteiger partial charge in [-0.3, -0.25) is 4.79 Å². The van der Waals surface area contributed by atoms with Gasteiger partial charge in [0.2, 0.25) is 0 Å². The third kappa shape index (κ3) is 4.24. The predicted molar refractivity (Wildman–Crippen MR) is 158 cm³/mol. The monoisotopic (exact) mass is 538 g/mol. The fraction of sp³-hybridized carbons (Fsp3) is 0.344. The van der Waals surface area contributed by atoms with Crippen LogP contribution in [0.3, 0.4) is 0 Å². The zero-order valence-corrected chi connectivity index (χ0v) is 23.6. The molecule has 1 saturated heterocycles. The highest BCUT2D eigenvalue weighted by Gasteiger charge is 2.42. The zero-order valence-electron chi connectivity index (χ0n) is 22.8. The minimum absolute atomic E-state index is 0.0951. The number of benzene rings is 3. The Morgan fingerprint density at radius 2 is 1.79 bits per heavy atom. The molecule has 1 fully saturated rings. The number of carbonyl (C=O) groups is 1. The van der Waals surface area contributed by atoms with Crippen LogP contribution in [0.25, 0.3) is 11.1 Å². The standard InChI is InChI=1S/C32H34N4O2S/c1-21-16-26(36-19-22(2)38-33-36)8-9-27(21)23-4-6-24(7-5-23)31(37)35-13-10-25-17-30-28(18-29(25)35)32(20-39-30)11-14-34(3)15-12-32/h4-9,16-19,33H,10-15,20H2,1-3H3. The fourth-order valence-electron chi connectivity index (χ4n) is 6.47. The molecular weight excluding hydrogens is 504 g/mol. The quantitative estimate of drug-likeness (QED) is 0.438. The first-order valence-corrected chi connectivity index (χ1v) is 14.8. The number of thioether (sulfide) groups is 1. The molecule has 0 saturated carbocycles. The van der Waals surface area contributed by atoms with E-state index in [0.717, 1.165) is 65.4 Å². The first-order chi connectivity index (χ1) is 18.9. The third-order valence-electron chi connectivity index (χ3n) is 8.89. The van der Waals surface area contributed by atoms with E-state index in [2.05, 4.69) is 66.9 Å². The van der Waals surface area contributed by atoms with E-state index in [4.69, 9.17) is 4.84 Å². The number of hydrazine groups is 1. The first kappa shape index (κ1) is 24.8. The van der Waals surface area contributed by atoms with Crippen molar-refractivity contribution in [2.75, 3.05) is 42.3 Å². The summed E-state index contributed by atoms with van der Waals surface area (Å²) in [6, 6.07) is 19.2. The number of amides is 1. The second-order valence-electron chi connectivity index (χ2n) is 11.4. The van der Waals surface area contributed by atoms with E-state index in [1.807, 2.05) is 46.9 Å². The van der Waals surface area contributed by atoms with Crippen LogP contribution in [0.1, 0.15) is 46.8 Å². The highest BCUT2D eigenvalue weighted by molar-refractivity contribution is 7.99. The van der Waals surface area contributed by atoms with Gasteiger partial charge in [0.05, 0.1) is 11.9 Å². The van der Waals surface area contributed by atoms with E-state index in [-0.39, 0.29) is 11.3 Å². The molecule has 3 aromatic rings. The van der Waals surface area contributed by atoms with Crippen molar-refractivity contribution in [3.05, 3.63) is 88.8 Å². The van der Waals surface area contributed by atoms with Crippen LogP contribution in [-0.4, -0.2) is 43.2 Å². The molecule has 1 spiro atoms. The molecular formula is C32H34N4O2S. The number of carbonyl (C=O) groups excluding carboxylic acids is 1. The number of rotatable bonds is 3. The number of allylic oxidation sites excluding steroid dienone is 1. The van der Waals surface area contributed by atoms with Crippen molar-refractivity contribution >= 4 is 29.0 Å². The molecule has 6 nitrogen and oxygen atoms in total. The number of hydrogen-bond acceptors (Lipinski definition) is 6. The van der Waals surface area contributed by atoms with Gasteiger partial charge >= 0.3 is 0 Å². The number of hydrogen-bond donors (Lipinski definition) is 1. The summed E-state index contributed by atoms with van der Waals surface area (Å²) >= 11 is 2.02. The van der Waals surface area contributed by atoms with Crippen LogP contribution in [0.2, 0.25) is 0 Å². The van der Waals surface area contributed by atoms with E-state index >= 15 is 0 Å². The lowest BCUT2D eigenvalue weighted by Gasteiger charge is -2.38. The van der Waals surface area contributed by atoms with Gasteiger partial charge in [0.1, 0.15) is 5.76 Å². The molecule has 7 heteroatoms. The molecule has 0 radical (unpaired) electrons. The first-order valence-electron chi connectivity index (χ1n) is 13.8. The summed E-state index contributed by atoms with van der Waals surface area (Å²) < 4.78 is 0. The van der Waals surface area contributed by atoms with Crippen LogP contribution >= 0.6 is 11.8 Å². The largest absolute Gasteiger partial charge is 0.392 e.